The second kappa shape index (κ2) is 8.13. The zero-order valence-corrected chi connectivity index (χ0v) is 17.6. The third kappa shape index (κ3) is 4.44. The molecule has 1 aliphatic heterocycles. The summed E-state index contributed by atoms with van der Waals surface area (Å²) in [5, 5.41) is 9.85. The molecular formula is C18H17ClN4O4S2. The van der Waals surface area contributed by atoms with Crippen molar-refractivity contribution in [3.05, 3.63) is 46.6 Å². The number of carbonyl (C=O) groups is 1. The Balaban J connectivity index is 1.51. The van der Waals surface area contributed by atoms with Gasteiger partial charge in [-0.1, -0.05) is 11.6 Å². The summed E-state index contributed by atoms with van der Waals surface area (Å²) in [6.45, 7) is 1.35. The van der Waals surface area contributed by atoms with E-state index in [0.717, 1.165) is 30.6 Å². The lowest BCUT2D eigenvalue weighted by Gasteiger charge is -2.24. The number of sulfonamides is 1. The standard InChI is InChI=1S/C18H17ClN4O4S2/c19-13-4-6-14(7-5-13)22-29(25,26)15-10-12(11-28-15)16-20-21-17(27-16)18(24)23-8-2-1-3-9-23/h4-7,10-11,22H,1-3,8-9H2. The lowest BCUT2D eigenvalue weighted by atomic mass is 10.1. The van der Waals surface area contributed by atoms with E-state index in [9.17, 15) is 13.2 Å². The summed E-state index contributed by atoms with van der Waals surface area (Å²) in [6.07, 6.45) is 3.02. The van der Waals surface area contributed by atoms with Crippen molar-refractivity contribution in [3.63, 3.8) is 0 Å². The first kappa shape index (κ1) is 19.9. The van der Waals surface area contributed by atoms with Crippen molar-refractivity contribution in [3.8, 4) is 11.5 Å². The Bertz CT molecular complexity index is 1120. The summed E-state index contributed by atoms with van der Waals surface area (Å²) in [7, 11) is -3.78. The summed E-state index contributed by atoms with van der Waals surface area (Å²) >= 11 is 6.84. The highest BCUT2D eigenvalue weighted by Crippen LogP contribution is 2.29. The van der Waals surface area contributed by atoms with Gasteiger partial charge in [-0.15, -0.1) is 21.5 Å². The first-order valence-corrected chi connectivity index (χ1v) is 11.7. The Hall–Kier alpha value is -2.43. The maximum Gasteiger partial charge on any atom is 0.311 e. The second-order valence-electron chi connectivity index (χ2n) is 6.53. The van der Waals surface area contributed by atoms with Crippen molar-refractivity contribution >= 4 is 44.6 Å². The summed E-state index contributed by atoms with van der Waals surface area (Å²) in [5.74, 6) is -0.276. The molecule has 1 saturated heterocycles. The van der Waals surface area contributed by atoms with Crippen LogP contribution in [0.4, 0.5) is 5.69 Å². The molecule has 0 bridgehead atoms. The average molecular weight is 453 g/mol. The van der Waals surface area contributed by atoms with E-state index in [1.165, 1.54) is 6.07 Å². The molecule has 3 heterocycles. The molecule has 4 rings (SSSR count). The van der Waals surface area contributed by atoms with Crippen LogP contribution in [-0.2, 0) is 10.0 Å². The molecule has 2 aromatic heterocycles. The third-order valence-electron chi connectivity index (χ3n) is 4.43. The molecule has 3 aromatic rings. The highest BCUT2D eigenvalue weighted by Gasteiger charge is 2.25. The quantitative estimate of drug-likeness (QED) is 0.629. The van der Waals surface area contributed by atoms with Crippen molar-refractivity contribution in [1.29, 1.82) is 0 Å². The van der Waals surface area contributed by atoms with Crippen LogP contribution in [0.1, 0.15) is 29.9 Å². The van der Waals surface area contributed by atoms with Crippen LogP contribution in [0.15, 0.2) is 44.3 Å². The van der Waals surface area contributed by atoms with E-state index in [0.29, 0.717) is 29.4 Å². The van der Waals surface area contributed by atoms with Crippen LogP contribution in [-0.4, -0.2) is 42.5 Å². The number of rotatable bonds is 5. The monoisotopic (exact) mass is 452 g/mol. The molecule has 0 unspecified atom stereocenters. The molecule has 1 amide bonds. The zero-order chi connectivity index (χ0) is 20.4. The largest absolute Gasteiger partial charge is 0.412 e. The fraction of sp³-hybridized carbons (Fsp3) is 0.278. The van der Waals surface area contributed by atoms with Gasteiger partial charge >= 0.3 is 11.8 Å². The molecule has 1 fully saturated rings. The van der Waals surface area contributed by atoms with Crippen LogP contribution >= 0.6 is 22.9 Å². The number of thiophene rings is 1. The van der Waals surface area contributed by atoms with Gasteiger partial charge in [0.2, 0.25) is 5.89 Å². The number of piperidine rings is 1. The van der Waals surface area contributed by atoms with E-state index in [4.69, 9.17) is 16.0 Å². The lowest BCUT2D eigenvalue weighted by molar-refractivity contribution is 0.0684. The maximum atomic E-state index is 12.6. The van der Waals surface area contributed by atoms with Crippen LogP contribution in [0.5, 0.6) is 0 Å². The average Bonchev–Trinajstić information content (AvgIpc) is 3.40. The van der Waals surface area contributed by atoms with Crippen LogP contribution < -0.4 is 4.72 Å². The topological polar surface area (TPSA) is 105 Å². The van der Waals surface area contributed by atoms with Crippen LogP contribution in [0.3, 0.4) is 0 Å². The SMILES string of the molecule is O=C(c1nnc(-c2csc(S(=O)(=O)Nc3ccc(Cl)cc3)c2)o1)N1CCCCC1. The maximum absolute atomic E-state index is 12.6. The van der Waals surface area contributed by atoms with Gasteiger partial charge in [0, 0.05) is 29.2 Å². The number of nitrogens with one attached hydrogen (secondary N) is 1. The molecule has 29 heavy (non-hydrogen) atoms. The molecule has 1 N–H and O–H groups in total. The van der Waals surface area contributed by atoms with Gasteiger partial charge in [0.1, 0.15) is 4.21 Å². The Morgan fingerprint density at radius 2 is 1.86 bits per heavy atom. The molecule has 0 spiro atoms. The van der Waals surface area contributed by atoms with Crippen molar-refractivity contribution in [2.45, 2.75) is 23.5 Å². The second-order valence-corrected chi connectivity index (χ2v) is 9.79. The van der Waals surface area contributed by atoms with E-state index in [1.807, 2.05) is 0 Å². The summed E-state index contributed by atoms with van der Waals surface area (Å²) in [4.78, 5) is 14.1. The molecule has 0 saturated carbocycles. The minimum absolute atomic E-state index is 0.0863. The van der Waals surface area contributed by atoms with Gasteiger partial charge in [0.05, 0.1) is 5.56 Å². The molecule has 1 aliphatic rings. The summed E-state index contributed by atoms with van der Waals surface area (Å²) in [6, 6.07) is 7.78. The van der Waals surface area contributed by atoms with Crippen LogP contribution in [0.2, 0.25) is 5.02 Å². The summed E-state index contributed by atoms with van der Waals surface area (Å²) in [5.41, 5.74) is 0.841. The fourth-order valence-corrected chi connectivity index (χ4v) is 5.29. The van der Waals surface area contributed by atoms with Gasteiger partial charge in [-0.3, -0.25) is 9.52 Å². The highest BCUT2D eigenvalue weighted by atomic mass is 35.5. The van der Waals surface area contributed by atoms with E-state index in [-0.39, 0.29) is 21.9 Å². The first-order chi connectivity index (χ1) is 13.9. The number of halogens is 1. The predicted molar refractivity (Wildman–Crippen MR) is 110 cm³/mol. The Labute approximate surface area is 176 Å². The van der Waals surface area contributed by atoms with Crippen molar-refractivity contribution < 1.29 is 17.6 Å². The number of likely N-dealkylation sites (tertiary alicyclic amines) is 1. The molecule has 1 aromatic carbocycles. The lowest BCUT2D eigenvalue weighted by Crippen LogP contribution is -2.35. The minimum atomic E-state index is -3.78. The molecule has 152 valence electrons. The van der Waals surface area contributed by atoms with Gasteiger partial charge < -0.3 is 9.32 Å². The fourth-order valence-electron chi connectivity index (χ4n) is 2.95. The molecule has 0 radical (unpaired) electrons. The van der Waals surface area contributed by atoms with Crippen molar-refractivity contribution in [2.24, 2.45) is 0 Å². The molecule has 11 heteroatoms. The number of hydrogen-bond donors (Lipinski definition) is 1. The predicted octanol–water partition coefficient (Wildman–Crippen LogP) is 3.88. The van der Waals surface area contributed by atoms with E-state index >= 15 is 0 Å². The van der Waals surface area contributed by atoms with Gasteiger partial charge in [-0.2, -0.15) is 0 Å². The summed E-state index contributed by atoms with van der Waals surface area (Å²) < 4.78 is 33.3. The van der Waals surface area contributed by atoms with Gasteiger partial charge in [0.25, 0.3) is 10.0 Å². The molecule has 0 aliphatic carbocycles. The number of anilines is 1. The Morgan fingerprint density at radius 1 is 1.14 bits per heavy atom. The van der Waals surface area contributed by atoms with Gasteiger partial charge in [0.15, 0.2) is 0 Å². The molecular weight excluding hydrogens is 436 g/mol. The van der Waals surface area contributed by atoms with Crippen LogP contribution in [0, 0.1) is 0 Å². The number of amides is 1. The van der Waals surface area contributed by atoms with Gasteiger partial charge in [-0.05, 0) is 49.6 Å². The van der Waals surface area contributed by atoms with E-state index in [1.54, 1.807) is 34.5 Å². The first-order valence-electron chi connectivity index (χ1n) is 8.92. The van der Waals surface area contributed by atoms with Crippen molar-refractivity contribution in [2.75, 3.05) is 17.8 Å². The normalized spacial score (nSPS) is 14.7. The van der Waals surface area contributed by atoms with E-state index in [2.05, 4.69) is 14.9 Å². The number of benzene rings is 1. The Kier molecular flexibility index (Phi) is 5.57. The highest BCUT2D eigenvalue weighted by molar-refractivity contribution is 7.94. The number of aromatic nitrogens is 2. The van der Waals surface area contributed by atoms with Crippen molar-refractivity contribution in [1.82, 2.24) is 15.1 Å². The van der Waals surface area contributed by atoms with E-state index < -0.39 is 10.0 Å². The third-order valence-corrected chi connectivity index (χ3v) is 7.51. The molecule has 0 atom stereocenters. The zero-order valence-electron chi connectivity index (χ0n) is 15.2. The Morgan fingerprint density at radius 3 is 2.59 bits per heavy atom. The smallest absolute Gasteiger partial charge is 0.311 e. The van der Waals surface area contributed by atoms with Crippen LogP contribution in [0.25, 0.3) is 11.5 Å². The number of hydrogen-bond acceptors (Lipinski definition) is 7. The number of carbonyl (C=O) groups excluding carboxylic acids is 1. The number of nitrogens with zero attached hydrogens (tertiary/aromatic N) is 3. The van der Waals surface area contributed by atoms with Gasteiger partial charge in [-0.25, -0.2) is 8.42 Å². The minimum Gasteiger partial charge on any atom is -0.412 e. The molecule has 8 nitrogen and oxygen atoms in total.